The third-order valence-electron chi connectivity index (χ3n) is 2.95. The van der Waals surface area contributed by atoms with Crippen LogP contribution in [-0.2, 0) is 11.2 Å². The first-order valence-corrected chi connectivity index (χ1v) is 5.88. The molecule has 1 saturated heterocycles. The molecule has 1 atom stereocenters. The molecular formula is C12H12N4O2. The van der Waals surface area contributed by atoms with E-state index in [1.54, 1.807) is 12.3 Å². The lowest BCUT2D eigenvalue weighted by molar-refractivity contribution is 0.109. The first-order valence-electron chi connectivity index (χ1n) is 5.88. The van der Waals surface area contributed by atoms with Gasteiger partial charge < -0.3 is 14.2 Å². The molecule has 0 aliphatic carbocycles. The second-order valence-electron chi connectivity index (χ2n) is 4.27. The van der Waals surface area contributed by atoms with Crippen LogP contribution in [0, 0.1) is 11.3 Å². The van der Waals surface area contributed by atoms with Crippen molar-refractivity contribution >= 4 is 0 Å². The van der Waals surface area contributed by atoms with E-state index in [-0.39, 0.29) is 6.10 Å². The number of nitrogens with one attached hydrogen (secondary N) is 1. The van der Waals surface area contributed by atoms with E-state index in [4.69, 9.17) is 14.5 Å². The average molecular weight is 244 g/mol. The van der Waals surface area contributed by atoms with Crippen molar-refractivity contribution in [3.8, 4) is 17.5 Å². The molecule has 1 aliphatic heterocycles. The summed E-state index contributed by atoms with van der Waals surface area (Å²) >= 11 is 0. The van der Waals surface area contributed by atoms with Gasteiger partial charge in [-0.05, 0) is 18.9 Å². The van der Waals surface area contributed by atoms with Gasteiger partial charge in [-0.3, -0.25) is 0 Å². The molecule has 0 aromatic carbocycles. The van der Waals surface area contributed by atoms with Gasteiger partial charge in [0.15, 0.2) is 5.82 Å². The summed E-state index contributed by atoms with van der Waals surface area (Å²) in [4.78, 5) is 7.13. The van der Waals surface area contributed by atoms with Gasteiger partial charge in [0.1, 0.15) is 11.8 Å². The lowest BCUT2D eigenvalue weighted by Gasteiger charge is -2.03. The largest absolute Gasteiger partial charge is 0.378 e. The minimum atomic E-state index is 0.205. The third-order valence-corrected chi connectivity index (χ3v) is 2.95. The summed E-state index contributed by atoms with van der Waals surface area (Å²) in [5, 5.41) is 12.7. The van der Waals surface area contributed by atoms with Gasteiger partial charge in [-0.1, -0.05) is 5.16 Å². The highest BCUT2D eigenvalue weighted by molar-refractivity contribution is 5.54. The number of H-pyrrole nitrogens is 1. The molecule has 3 rings (SSSR count). The van der Waals surface area contributed by atoms with Gasteiger partial charge in [-0.25, -0.2) is 0 Å². The molecule has 2 aromatic rings. The molecule has 0 radical (unpaired) electrons. The molecule has 6 nitrogen and oxygen atoms in total. The Morgan fingerprint density at radius 2 is 2.50 bits per heavy atom. The van der Waals surface area contributed by atoms with Gasteiger partial charge in [0.05, 0.1) is 11.7 Å². The maximum atomic E-state index is 8.73. The first kappa shape index (κ1) is 11.0. The Labute approximate surface area is 104 Å². The van der Waals surface area contributed by atoms with Gasteiger partial charge >= 0.3 is 0 Å². The van der Waals surface area contributed by atoms with Crippen LogP contribution in [0.2, 0.25) is 0 Å². The van der Waals surface area contributed by atoms with Gasteiger partial charge in [0, 0.05) is 19.2 Å². The van der Waals surface area contributed by atoms with E-state index < -0.39 is 0 Å². The molecule has 6 heteroatoms. The van der Waals surface area contributed by atoms with E-state index in [1.165, 1.54) is 0 Å². The van der Waals surface area contributed by atoms with Gasteiger partial charge in [-0.15, -0.1) is 0 Å². The number of hydrogen-bond donors (Lipinski definition) is 1. The summed E-state index contributed by atoms with van der Waals surface area (Å²) in [6, 6.07) is 3.70. The van der Waals surface area contributed by atoms with Crippen molar-refractivity contribution in [1.82, 2.24) is 15.1 Å². The van der Waals surface area contributed by atoms with Crippen LogP contribution >= 0.6 is 0 Å². The van der Waals surface area contributed by atoms with E-state index in [2.05, 4.69) is 15.1 Å². The zero-order chi connectivity index (χ0) is 12.4. The molecule has 1 unspecified atom stereocenters. The second kappa shape index (κ2) is 4.63. The number of rotatable bonds is 3. The predicted molar refractivity (Wildman–Crippen MR) is 61.5 cm³/mol. The first-order chi connectivity index (χ1) is 8.85. The lowest BCUT2D eigenvalue weighted by Crippen LogP contribution is -2.09. The predicted octanol–water partition coefficient (Wildman–Crippen LogP) is 1.66. The molecule has 2 aromatic heterocycles. The molecule has 0 spiro atoms. The van der Waals surface area contributed by atoms with Crippen LogP contribution in [0.5, 0.6) is 0 Å². The minimum absolute atomic E-state index is 0.205. The minimum Gasteiger partial charge on any atom is -0.378 e. The fourth-order valence-corrected chi connectivity index (χ4v) is 2.05. The summed E-state index contributed by atoms with van der Waals surface area (Å²) in [6.07, 6.45) is 4.71. The van der Waals surface area contributed by atoms with Crippen LogP contribution in [0.4, 0.5) is 0 Å². The summed E-state index contributed by atoms with van der Waals surface area (Å²) in [5.41, 5.74) is 1.21. The summed E-state index contributed by atoms with van der Waals surface area (Å²) in [5.74, 6) is 1.08. The summed E-state index contributed by atoms with van der Waals surface area (Å²) in [7, 11) is 0. The second-order valence-corrected chi connectivity index (χ2v) is 4.27. The number of aromatic amines is 1. The van der Waals surface area contributed by atoms with Crippen molar-refractivity contribution in [2.75, 3.05) is 6.61 Å². The topological polar surface area (TPSA) is 87.7 Å². The molecule has 0 saturated carbocycles. The Morgan fingerprint density at radius 3 is 3.22 bits per heavy atom. The maximum absolute atomic E-state index is 8.73. The number of aromatic nitrogens is 3. The third kappa shape index (κ3) is 2.13. The highest BCUT2D eigenvalue weighted by atomic mass is 16.5. The molecule has 92 valence electrons. The van der Waals surface area contributed by atoms with Gasteiger partial charge in [0.2, 0.25) is 0 Å². The molecule has 18 heavy (non-hydrogen) atoms. The molecule has 1 N–H and O–H groups in total. The molecule has 0 bridgehead atoms. The molecule has 1 aliphatic rings. The Kier molecular flexibility index (Phi) is 2.82. The SMILES string of the molecule is N#Cc1cc(-c2nc(CC3CCCO3)no2)c[nH]1. The summed E-state index contributed by atoms with van der Waals surface area (Å²) < 4.78 is 10.7. The average Bonchev–Trinajstić information content (AvgIpc) is 3.09. The van der Waals surface area contributed by atoms with Crippen molar-refractivity contribution in [3.05, 3.63) is 23.8 Å². The van der Waals surface area contributed by atoms with E-state index in [0.717, 1.165) is 25.0 Å². The standard InChI is InChI=1S/C12H12N4O2/c13-6-9-4-8(7-14-9)12-15-11(16-18-12)5-10-2-1-3-17-10/h4,7,10,14H,1-3,5H2. The summed E-state index contributed by atoms with van der Waals surface area (Å²) in [6.45, 7) is 0.818. The highest BCUT2D eigenvalue weighted by Crippen LogP contribution is 2.20. The van der Waals surface area contributed by atoms with Crippen LogP contribution in [0.3, 0.4) is 0 Å². The number of ether oxygens (including phenoxy) is 1. The monoisotopic (exact) mass is 244 g/mol. The van der Waals surface area contributed by atoms with E-state index in [0.29, 0.717) is 23.8 Å². The van der Waals surface area contributed by atoms with Gasteiger partial charge in [0.25, 0.3) is 5.89 Å². The highest BCUT2D eigenvalue weighted by Gasteiger charge is 2.19. The molecular weight excluding hydrogens is 232 g/mol. The molecule has 0 amide bonds. The van der Waals surface area contributed by atoms with Gasteiger partial charge in [-0.2, -0.15) is 10.2 Å². The lowest BCUT2D eigenvalue weighted by atomic mass is 10.2. The molecule has 1 fully saturated rings. The van der Waals surface area contributed by atoms with Crippen molar-refractivity contribution in [1.29, 1.82) is 5.26 Å². The number of nitriles is 1. The normalized spacial score (nSPS) is 18.9. The maximum Gasteiger partial charge on any atom is 0.259 e. The Hall–Kier alpha value is -2.13. The Morgan fingerprint density at radius 1 is 1.56 bits per heavy atom. The Balaban J connectivity index is 1.74. The van der Waals surface area contributed by atoms with Crippen LogP contribution in [0.15, 0.2) is 16.8 Å². The van der Waals surface area contributed by atoms with Crippen molar-refractivity contribution < 1.29 is 9.26 Å². The van der Waals surface area contributed by atoms with Crippen LogP contribution in [0.25, 0.3) is 11.5 Å². The number of nitrogens with zero attached hydrogens (tertiary/aromatic N) is 3. The van der Waals surface area contributed by atoms with Crippen molar-refractivity contribution in [3.63, 3.8) is 0 Å². The zero-order valence-corrected chi connectivity index (χ0v) is 9.72. The number of hydrogen-bond acceptors (Lipinski definition) is 5. The zero-order valence-electron chi connectivity index (χ0n) is 9.72. The van der Waals surface area contributed by atoms with E-state index >= 15 is 0 Å². The quantitative estimate of drug-likeness (QED) is 0.887. The van der Waals surface area contributed by atoms with Crippen molar-refractivity contribution in [2.24, 2.45) is 0 Å². The molecule has 3 heterocycles. The fourth-order valence-electron chi connectivity index (χ4n) is 2.05. The van der Waals surface area contributed by atoms with E-state index in [1.807, 2.05) is 6.07 Å². The van der Waals surface area contributed by atoms with Crippen LogP contribution in [-0.4, -0.2) is 27.8 Å². The fraction of sp³-hybridized carbons (Fsp3) is 0.417. The van der Waals surface area contributed by atoms with E-state index in [9.17, 15) is 0 Å². The van der Waals surface area contributed by atoms with Crippen LogP contribution < -0.4 is 0 Å². The smallest absolute Gasteiger partial charge is 0.259 e. The van der Waals surface area contributed by atoms with Crippen LogP contribution in [0.1, 0.15) is 24.4 Å². The van der Waals surface area contributed by atoms with Crippen molar-refractivity contribution in [2.45, 2.75) is 25.4 Å². The Bertz CT molecular complexity index is 575.